The van der Waals surface area contributed by atoms with Crippen LogP contribution < -0.4 is 10.1 Å². The van der Waals surface area contributed by atoms with E-state index in [0.29, 0.717) is 0 Å². The van der Waals surface area contributed by atoms with Gasteiger partial charge >= 0.3 is 0 Å². The van der Waals surface area contributed by atoms with Crippen molar-refractivity contribution in [1.82, 2.24) is 15.2 Å². The fourth-order valence-electron chi connectivity index (χ4n) is 3.96. The molecule has 4 nitrogen and oxygen atoms in total. The maximum Gasteiger partial charge on any atom is 0.169 e. The van der Waals surface area contributed by atoms with E-state index in [1.54, 1.807) is 7.11 Å². The average Bonchev–Trinajstić information content (AvgIpc) is 3.06. The van der Waals surface area contributed by atoms with Gasteiger partial charge < -0.3 is 19.9 Å². The largest absolute Gasteiger partial charge is 0.497 e. The Bertz CT molecular complexity index is 977. The molecule has 0 saturated carbocycles. The smallest absolute Gasteiger partial charge is 0.169 e. The van der Waals surface area contributed by atoms with Crippen molar-refractivity contribution in [3.05, 3.63) is 64.8 Å². The van der Waals surface area contributed by atoms with Crippen molar-refractivity contribution in [3.8, 4) is 5.75 Å². The Morgan fingerprint density at radius 2 is 2.04 bits per heavy atom. The summed E-state index contributed by atoms with van der Waals surface area (Å²) in [5.41, 5.74) is 6.25. The van der Waals surface area contributed by atoms with Crippen LogP contribution in [-0.4, -0.2) is 35.2 Å². The highest BCUT2D eigenvalue weighted by Crippen LogP contribution is 2.39. The molecule has 0 amide bonds. The highest BCUT2D eigenvalue weighted by Gasteiger charge is 2.33. The molecule has 1 aliphatic heterocycles. The summed E-state index contributed by atoms with van der Waals surface area (Å²) in [5.74, 6) is 0.891. The summed E-state index contributed by atoms with van der Waals surface area (Å²) in [6.45, 7) is 5.92. The van der Waals surface area contributed by atoms with Crippen LogP contribution >= 0.6 is 12.2 Å². The molecule has 2 heterocycles. The number of hydrogen-bond donors (Lipinski definition) is 2. The molecule has 1 atom stereocenters. The second-order valence-electron chi connectivity index (χ2n) is 7.02. The standard InChI is InChI=1S/C22H25N3OS/c1-4-23-22(27)25-12-11-17-18-13-16(26-3)9-10-19(18)24-20(17)21(25)15-7-5-14(2)6-8-15/h5-10,13,21,24H,4,11-12H2,1-3H3,(H,23,27)/t21-/m0/s1. The van der Waals surface area contributed by atoms with E-state index < -0.39 is 0 Å². The lowest BCUT2D eigenvalue weighted by molar-refractivity contribution is 0.330. The Labute approximate surface area is 165 Å². The van der Waals surface area contributed by atoms with Crippen molar-refractivity contribution in [1.29, 1.82) is 0 Å². The Balaban J connectivity index is 1.87. The van der Waals surface area contributed by atoms with Gasteiger partial charge in [0.05, 0.1) is 13.2 Å². The predicted molar refractivity (Wildman–Crippen MR) is 115 cm³/mol. The molecule has 0 aliphatic carbocycles. The van der Waals surface area contributed by atoms with E-state index in [1.807, 2.05) is 6.07 Å². The topological polar surface area (TPSA) is 40.3 Å². The van der Waals surface area contributed by atoms with E-state index >= 15 is 0 Å². The molecule has 0 fully saturated rings. The van der Waals surface area contributed by atoms with Crippen molar-refractivity contribution in [2.45, 2.75) is 26.3 Å². The minimum absolute atomic E-state index is 0.0827. The number of hydrogen-bond acceptors (Lipinski definition) is 2. The molecular weight excluding hydrogens is 354 g/mol. The van der Waals surface area contributed by atoms with Gasteiger partial charge in [-0.05, 0) is 61.8 Å². The normalized spacial score (nSPS) is 16.3. The van der Waals surface area contributed by atoms with Gasteiger partial charge in [0, 0.05) is 29.7 Å². The molecule has 1 aromatic heterocycles. The first-order chi connectivity index (χ1) is 13.1. The van der Waals surface area contributed by atoms with Gasteiger partial charge in [-0.2, -0.15) is 0 Å². The summed E-state index contributed by atoms with van der Waals surface area (Å²) < 4.78 is 5.44. The van der Waals surface area contributed by atoms with Crippen LogP contribution in [0.2, 0.25) is 0 Å². The lowest BCUT2D eigenvalue weighted by atomic mass is 9.92. The van der Waals surface area contributed by atoms with Gasteiger partial charge in [0.15, 0.2) is 5.11 Å². The first-order valence-corrected chi connectivity index (χ1v) is 9.82. The SMILES string of the molecule is CCNC(=S)N1CCc2c([nH]c3ccc(OC)cc23)[C@@H]1c1ccc(C)cc1. The number of fused-ring (bicyclic) bond motifs is 3. The number of ether oxygens (including phenoxy) is 1. The molecule has 2 aromatic carbocycles. The van der Waals surface area contributed by atoms with Crippen LogP contribution in [-0.2, 0) is 6.42 Å². The number of nitrogens with zero attached hydrogens (tertiary/aromatic N) is 1. The zero-order chi connectivity index (χ0) is 19.0. The zero-order valence-electron chi connectivity index (χ0n) is 16.0. The van der Waals surface area contributed by atoms with E-state index in [4.69, 9.17) is 17.0 Å². The van der Waals surface area contributed by atoms with E-state index in [9.17, 15) is 0 Å². The summed E-state index contributed by atoms with van der Waals surface area (Å²) in [5, 5.41) is 5.39. The van der Waals surface area contributed by atoms with Crippen LogP contribution in [0.3, 0.4) is 0 Å². The molecule has 4 rings (SSSR count). The summed E-state index contributed by atoms with van der Waals surface area (Å²) in [7, 11) is 1.71. The summed E-state index contributed by atoms with van der Waals surface area (Å²) in [6, 6.07) is 15.1. The van der Waals surface area contributed by atoms with E-state index in [2.05, 4.69) is 65.4 Å². The number of aromatic amines is 1. The van der Waals surface area contributed by atoms with Crippen LogP contribution in [0.25, 0.3) is 10.9 Å². The molecule has 0 radical (unpaired) electrons. The molecule has 0 spiro atoms. The van der Waals surface area contributed by atoms with Gasteiger partial charge in [0.25, 0.3) is 0 Å². The Morgan fingerprint density at radius 3 is 2.74 bits per heavy atom. The fraction of sp³-hybridized carbons (Fsp3) is 0.318. The number of aromatic nitrogens is 1. The Morgan fingerprint density at radius 1 is 1.26 bits per heavy atom. The monoisotopic (exact) mass is 379 g/mol. The third-order valence-electron chi connectivity index (χ3n) is 5.32. The molecule has 3 aromatic rings. The average molecular weight is 380 g/mol. The van der Waals surface area contributed by atoms with Gasteiger partial charge in [-0.1, -0.05) is 29.8 Å². The number of methoxy groups -OCH3 is 1. The van der Waals surface area contributed by atoms with Gasteiger partial charge in [0.2, 0.25) is 0 Å². The molecule has 5 heteroatoms. The number of nitrogens with one attached hydrogen (secondary N) is 2. The molecule has 0 unspecified atom stereocenters. The Hall–Kier alpha value is -2.53. The lowest BCUT2D eigenvalue weighted by Gasteiger charge is -2.38. The third kappa shape index (κ3) is 3.16. The number of aryl methyl sites for hydroxylation is 1. The van der Waals surface area contributed by atoms with Crippen LogP contribution in [0.4, 0.5) is 0 Å². The number of benzene rings is 2. The maximum absolute atomic E-state index is 5.71. The molecule has 0 bridgehead atoms. The van der Waals surface area contributed by atoms with Crippen LogP contribution in [0.5, 0.6) is 5.75 Å². The quantitative estimate of drug-likeness (QED) is 0.665. The molecular formula is C22H25N3OS. The molecule has 1 aliphatic rings. The number of thiocarbonyl (C=S) groups is 1. The van der Waals surface area contributed by atoms with E-state index in [-0.39, 0.29) is 6.04 Å². The van der Waals surface area contributed by atoms with Gasteiger partial charge in [0.1, 0.15) is 5.75 Å². The highest BCUT2D eigenvalue weighted by molar-refractivity contribution is 7.80. The van der Waals surface area contributed by atoms with E-state index in [0.717, 1.165) is 35.9 Å². The lowest BCUT2D eigenvalue weighted by Crippen LogP contribution is -2.45. The van der Waals surface area contributed by atoms with Gasteiger partial charge in [-0.15, -0.1) is 0 Å². The maximum atomic E-state index is 5.71. The van der Waals surface area contributed by atoms with Gasteiger partial charge in [-0.25, -0.2) is 0 Å². The highest BCUT2D eigenvalue weighted by atomic mass is 32.1. The van der Waals surface area contributed by atoms with Crippen LogP contribution in [0.1, 0.15) is 35.3 Å². The Kier molecular flexibility index (Phi) is 4.79. The first-order valence-electron chi connectivity index (χ1n) is 9.42. The van der Waals surface area contributed by atoms with Crippen molar-refractivity contribution in [2.75, 3.05) is 20.2 Å². The fourth-order valence-corrected chi connectivity index (χ4v) is 4.30. The summed E-state index contributed by atoms with van der Waals surface area (Å²) >= 11 is 5.71. The number of rotatable bonds is 3. The second-order valence-corrected chi connectivity index (χ2v) is 7.41. The molecule has 140 valence electrons. The van der Waals surface area contributed by atoms with Crippen LogP contribution in [0, 0.1) is 6.92 Å². The minimum atomic E-state index is 0.0827. The molecule has 0 saturated heterocycles. The van der Waals surface area contributed by atoms with Gasteiger partial charge in [-0.3, -0.25) is 0 Å². The van der Waals surface area contributed by atoms with Crippen molar-refractivity contribution in [2.24, 2.45) is 0 Å². The zero-order valence-corrected chi connectivity index (χ0v) is 16.8. The van der Waals surface area contributed by atoms with Crippen molar-refractivity contribution >= 4 is 28.2 Å². The summed E-state index contributed by atoms with van der Waals surface area (Å²) in [6.07, 6.45) is 0.955. The molecule has 27 heavy (non-hydrogen) atoms. The predicted octanol–water partition coefficient (Wildman–Crippen LogP) is 4.33. The van der Waals surface area contributed by atoms with Crippen molar-refractivity contribution < 1.29 is 4.74 Å². The van der Waals surface area contributed by atoms with Crippen LogP contribution in [0.15, 0.2) is 42.5 Å². The first kappa shape index (κ1) is 17.9. The van der Waals surface area contributed by atoms with E-state index in [1.165, 1.54) is 27.8 Å². The molecule has 2 N–H and O–H groups in total. The minimum Gasteiger partial charge on any atom is -0.497 e. The third-order valence-corrected chi connectivity index (χ3v) is 5.69. The van der Waals surface area contributed by atoms with Crippen molar-refractivity contribution in [3.63, 3.8) is 0 Å². The summed E-state index contributed by atoms with van der Waals surface area (Å²) in [4.78, 5) is 5.98. The number of H-pyrrole nitrogens is 1. The second kappa shape index (κ2) is 7.24.